The standard InChI is InChI=1S/C15H10F4O4S/c1-2-23-15(20)9-10(16)12(18)14(13(19)11(9)17)24(21,22)8-6-4-3-5-7-8/h3-7H,2H2,1H3. The molecule has 0 aliphatic carbocycles. The number of carbonyl (C=O) groups is 1. The highest BCUT2D eigenvalue weighted by Gasteiger charge is 2.36. The lowest BCUT2D eigenvalue weighted by Crippen LogP contribution is -2.18. The summed E-state index contributed by atoms with van der Waals surface area (Å²) in [7, 11) is -4.88. The molecule has 0 unspecified atom stereocenters. The number of ether oxygens (including phenoxy) is 1. The van der Waals surface area contributed by atoms with Crippen LogP contribution in [0, 0.1) is 23.3 Å². The number of rotatable bonds is 4. The molecule has 0 spiro atoms. The quantitative estimate of drug-likeness (QED) is 0.476. The molecule has 2 aromatic rings. The summed E-state index contributed by atoms with van der Waals surface area (Å²) in [6, 6.07) is 5.98. The lowest BCUT2D eigenvalue weighted by Gasteiger charge is -2.12. The lowest BCUT2D eigenvalue weighted by molar-refractivity contribution is 0.0511. The van der Waals surface area contributed by atoms with Crippen molar-refractivity contribution in [3.63, 3.8) is 0 Å². The molecule has 0 saturated carbocycles. The van der Waals surface area contributed by atoms with Gasteiger partial charge in [0, 0.05) is 0 Å². The van der Waals surface area contributed by atoms with Crippen LogP contribution >= 0.6 is 0 Å². The van der Waals surface area contributed by atoms with Gasteiger partial charge in [-0.25, -0.2) is 30.8 Å². The highest BCUT2D eigenvalue weighted by molar-refractivity contribution is 7.91. The molecule has 0 heterocycles. The highest BCUT2D eigenvalue weighted by atomic mass is 32.2. The van der Waals surface area contributed by atoms with Gasteiger partial charge in [-0.05, 0) is 19.1 Å². The number of sulfone groups is 1. The average molecular weight is 362 g/mol. The predicted molar refractivity (Wildman–Crippen MR) is 74.1 cm³/mol. The van der Waals surface area contributed by atoms with Gasteiger partial charge in [-0.3, -0.25) is 0 Å². The summed E-state index contributed by atoms with van der Waals surface area (Å²) in [5, 5.41) is 0. The third kappa shape index (κ3) is 2.86. The van der Waals surface area contributed by atoms with E-state index in [-0.39, 0.29) is 6.61 Å². The van der Waals surface area contributed by atoms with Crippen molar-refractivity contribution in [3.8, 4) is 0 Å². The Morgan fingerprint density at radius 2 is 1.46 bits per heavy atom. The van der Waals surface area contributed by atoms with Crippen molar-refractivity contribution in [2.24, 2.45) is 0 Å². The van der Waals surface area contributed by atoms with E-state index in [0.29, 0.717) is 0 Å². The summed E-state index contributed by atoms with van der Waals surface area (Å²) in [5.41, 5.74) is -1.63. The number of esters is 1. The van der Waals surface area contributed by atoms with Gasteiger partial charge in [-0.1, -0.05) is 18.2 Å². The zero-order valence-corrected chi connectivity index (χ0v) is 13.0. The van der Waals surface area contributed by atoms with Gasteiger partial charge in [0.2, 0.25) is 9.84 Å². The largest absolute Gasteiger partial charge is 0.462 e. The van der Waals surface area contributed by atoms with Crippen molar-refractivity contribution in [2.45, 2.75) is 16.7 Å². The molecule has 0 saturated heterocycles. The Hall–Kier alpha value is -2.42. The van der Waals surface area contributed by atoms with E-state index in [1.165, 1.54) is 25.1 Å². The Morgan fingerprint density at radius 3 is 1.92 bits per heavy atom. The molecule has 2 aromatic carbocycles. The van der Waals surface area contributed by atoms with E-state index in [1.54, 1.807) is 0 Å². The Bertz CT molecular complexity index is 866. The molecule has 0 aromatic heterocycles. The van der Waals surface area contributed by atoms with Crippen LogP contribution in [0.4, 0.5) is 17.6 Å². The molecule has 0 atom stereocenters. The van der Waals surface area contributed by atoms with Crippen LogP contribution in [0.2, 0.25) is 0 Å². The molecule has 2 rings (SSSR count). The van der Waals surface area contributed by atoms with Gasteiger partial charge in [-0.2, -0.15) is 0 Å². The minimum Gasteiger partial charge on any atom is -0.462 e. The molecule has 0 fully saturated rings. The van der Waals surface area contributed by atoms with Crippen LogP contribution in [-0.2, 0) is 14.6 Å². The Labute approximate surface area is 134 Å². The van der Waals surface area contributed by atoms with Crippen molar-refractivity contribution in [1.82, 2.24) is 0 Å². The van der Waals surface area contributed by atoms with Gasteiger partial charge >= 0.3 is 5.97 Å². The molecule has 0 N–H and O–H groups in total. The number of carbonyl (C=O) groups excluding carboxylic acids is 1. The fourth-order valence-electron chi connectivity index (χ4n) is 1.95. The van der Waals surface area contributed by atoms with Crippen LogP contribution in [0.15, 0.2) is 40.1 Å². The number of benzene rings is 2. The lowest BCUT2D eigenvalue weighted by atomic mass is 10.2. The van der Waals surface area contributed by atoms with Gasteiger partial charge in [0.1, 0.15) is 10.5 Å². The molecule has 4 nitrogen and oxygen atoms in total. The monoisotopic (exact) mass is 362 g/mol. The van der Waals surface area contributed by atoms with Gasteiger partial charge in [0.25, 0.3) is 0 Å². The van der Waals surface area contributed by atoms with E-state index < -0.39 is 54.4 Å². The maximum Gasteiger partial charge on any atom is 0.344 e. The van der Waals surface area contributed by atoms with Crippen LogP contribution < -0.4 is 0 Å². The molecule has 0 bridgehead atoms. The molecule has 9 heteroatoms. The summed E-state index contributed by atoms with van der Waals surface area (Å²) in [6.07, 6.45) is 0. The van der Waals surface area contributed by atoms with Crippen LogP contribution in [0.3, 0.4) is 0 Å². The number of halogens is 4. The van der Waals surface area contributed by atoms with Crippen LogP contribution in [0.5, 0.6) is 0 Å². The van der Waals surface area contributed by atoms with Gasteiger partial charge in [0.05, 0.1) is 11.5 Å². The Kier molecular flexibility index (Phi) is 4.93. The second-order valence-corrected chi connectivity index (χ2v) is 6.38. The van der Waals surface area contributed by atoms with Gasteiger partial charge in [-0.15, -0.1) is 0 Å². The first-order valence-electron chi connectivity index (χ1n) is 6.56. The molecule has 0 amide bonds. The van der Waals surface area contributed by atoms with Crippen molar-refractivity contribution in [1.29, 1.82) is 0 Å². The third-order valence-electron chi connectivity index (χ3n) is 3.02. The first-order chi connectivity index (χ1) is 11.2. The molecular formula is C15H10F4O4S. The van der Waals surface area contributed by atoms with E-state index in [9.17, 15) is 30.8 Å². The van der Waals surface area contributed by atoms with E-state index in [1.807, 2.05) is 0 Å². The predicted octanol–water partition coefficient (Wildman–Crippen LogP) is 3.25. The number of hydrogen-bond donors (Lipinski definition) is 0. The molecule has 0 radical (unpaired) electrons. The second-order valence-electron chi connectivity index (χ2n) is 4.50. The van der Waals surface area contributed by atoms with E-state index in [4.69, 9.17) is 0 Å². The fourth-order valence-corrected chi connectivity index (χ4v) is 3.35. The minimum absolute atomic E-state index is 0.301. The Morgan fingerprint density at radius 1 is 0.958 bits per heavy atom. The summed E-state index contributed by atoms with van der Waals surface area (Å²) < 4.78 is 85.0. The van der Waals surface area contributed by atoms with Gasteiger partial charge < -0.3 is 4.74 Å². The molecular weight excluding hydrogens is 352 g/mol. The van der Waals surface area contributed by atoms with Crippen LogP contribution in [0.1, 0.15) is 17.3 Å². The van der Waals surface area contributed by atoms with Gasteiger partial charge in [0.15, 0.2) is 23.3 Å². The van der Waals surface area contributed by atoms with Crippen LogP contribution in [-0.4, -0.2) is 21.0 Å². The van der Waals surface area contributed by atoms with Crippen molar-refractivity contribution < 1.29 is 35.5 Å². The van der Waals surface area contributed by atoms with E-state index in [0.717, 1.165) is 12.1 Å². The maximum atomic E-state index is 14.1. The molecule has 0 aliphatic heterocycles. The topological polar surface area (TPSA) is 60.4 Å². The first kappa shape index (κ1) is 17.9. The summed E-state index contributed by atoms with van der Waals surface area (Å²) >= 11 is 0. The summed E-state index contributed by atoms with van der Waals surface area (Å²) in [4.78, 5) is 9.06. The normalized spacial score (nSPS) is 11.4. The fraction of sp³-hybridized carbons (Fsp3) is 0.133. The number of hydrogen-bond acceptors (Lipinski definition) is 4. The SMILES string of the molecule is CCOC(=O)c1c(F)c(F)c(S(=O)(=O)c2ccccc2)c(F)c1F. The highest BCUT2D eigenvalue weighted by Crippen LogP contribution is 2.31. The van der Waals surface area contributed by atoms with Crippen molar-refractivity contribution >= 4 is 15.8 Å². The van der Waals surface area contributed by atoms with E-state index >= 15 is 0 Å². The molecule has 128 valence electrons. The van der Waals surface area contributed by atoms with Crippen LogP contribution in [0.25, 0.3) is 0 Å². The summed E-state index contributed by atoms with van der Waals surface area (Å²) in [6.45, 7) is 1.01. The van der Waals surface area contributed by atoms with E-state index in [2.05, 4.69) is 4.74 Å². The van der Waals surface area contributed by atoms with Crippen molar-refractivity contribution in [2.75, 3.05) is 6.61 Å². The average Bonchev–Trinajstić information content (AvgIpc) is 2.54. The molecule has 0 aliphatic rings. The minimum atomic E-state index is -4.88. The van der Waals surface area contributed by atoms with Crippen molar-refractivity contribution in [3.05, 3.63) is 59.2 Å². The zero-order chi connectivity index (χ0) is 18.1. The second kappa shape index (κ2) is 6.60. The first-order valence-corrected chi connectivity index (χ1v) is 8.05. The third-order valence-corrected chi connectivity index (χ3v) is 4.81. The zero-order valence-electron chi connectivity index (χ0n) is 12.1. The summed E-state index contributed by atoms with van der Waals surface area (Å²) in [5.74, 6) is -10.3. The maximum absolute atomic E-state index is 14.1. The Balaban J connectivity index is 2.77. The molecule has 24 heavy (non-hydrogen) atoms. The smallest absolute Gasteiger partial charge is 0.344 e.